The third kappa shape index (κ3) is 1.43. The Morgan fingerprint density at radius 1 is 1.00 bits per heavy atom. The number of rotatable bonds is 2. The lowest BCUT2D eigenvalue weighted by molar-refractivity contribution is 1.08. The zero-order chi connectivity index (χ0) is 9.10. The molecule has 0 aliphatic carbocycles. The van der Waals surface area contributed by atoms with Crippen LogP contribution < -0.4 is 5.32 Å². The number of nitrogens with zero attached hydrogens (tertiary/aromatic N) is 1. The molecule has 0 aliphatic rings. The Morgan fingerprint density at radius 3 is 2.46 bits per heavy atom. The Morgan fingerprint density at radius 2 is 1.77 bits per heavy atom. The van der Waals surface area contributed by atoms with Crippen LogP contribution in [0.2, 0.25) is 0 Å². The van der Waals surface area contributed by atoms with Crippen LogP contribution >= 0.6 is 0 Å². The zero-order valence-corrected chi connectivity index (χ0v) is 7.57. The Labute approximate surface area is 77.8 Å². The van der Waals surface area contributed by atoms with E-state index in [1.165, 1.54) is 5.69 Å². The number of benzene rings is 1. The molecular formula is C11H12N2. The van der Waals surface area contributed by atoms with Crippen LogP contribution in [0, 0.1) is 0 Å². The van der Waals surface area contributed by atoms with E-state index in [1.807, 2.05) is 43.6 Å². The lowest BCUT2D eigenvalue weighted by Crippen LogP contribution is -1.98. The minimum Gasteiger partial charge on any atom is -0.374 e. The fourth-order valence-corrected chi connectivity index (χ4v) is 1.40. The maximum Gasteiger partial charge on any atom is 0.110 e. The van der Waals surface area contributed by atoms with Crippen LogP contribution in [0.5, 0.6) is 0 Å². The second-order valence-corrected chi connectivity index (χ2v) is 2.85. The van der Waals surface area contributed by atoms with Gasteiger partial charge in [-0.25, -0.2) is 0 Å². The smallest absolute Gasteiger partial charge is 0.110 e. The molecule has 2 heteroatoms. The summed E-state index contributed by atoms with van der Waals surface area (Å²) >= 11 is 0. The van der Waals surface area contributed by atoms with Crippen LogP contribution in [0.3, 0.4) is 0 Å². The maximum atomic E-state index is 3.14. The average Bonchev–Trinajstić information content (AvgIpc) is 2.67. The first kappa shape index (κ1) is 7.92. The highest BCUT2D eigenvalue weighted by Crippen LogP contribution is 2.15. The number of para-hydroxylation sites is 1. The normalized spacial score (nSPS) is 9.92. The van der Waals surface area contributed by atoms with Gasteiger partial charge in [-0.15, -0.1) is 0 Å². The lowest BCUT2D eigenvalue weighted by atomic mass is 10.3. The van der Waals surface area contributed by atoms with Crippen molar-refractivity contribution in [3.8, 4) is 5.69 Å². The summed E-state index contributed by atoms with van der Waals surface area (Å²) in [6, 6.07) is 14.3. The molecule has 13 heavy (non-hydrogen) atoms. The lowest BCUT2D eigenvalue weighted by Gasteiger charge is -2.07. The molecule has 0 fully saturated rings. The minimum absolute atomic E-state index is 1.10. The van der Waals surface area contributed by atoms with Crippen molar-refractivity contribution in [2.24, 2.45) is 0 Å². The SMILES string of the molecule is CNc1cccn1-c1ccccc1. The van der Waals surface area contributed by atoms with Crippen molar-refractivity contribution in [1.82, 2.24) is 4.57 Å². The molecule has 0 bridgehead atoms. The van der Waals surface area contributed by atoms with Gasteiger partial charge < -0.3 is 9.88 Å². The molecule has 0 saturated carbocycles. The number of hydrogen-bond donors (Lipinski definition) is 1. The van der Waals surface area contributed by atoms with E-state index in [-0.39, 0.29) is 0 Å². The van der Waals surface area contributed by atoms with Gasteiger partial charge in [0.25, 0.3) is 0 Å². The van der Waals surface area contributed by atoms with Crippen molar-refractivity contribution in [3.63, 3.8) is 0 Å². The summed E-state index contributed by atoms with van der Waals surface area (Å²) in [5, 5.41) is 3.14. The molecule has 66 valence electrons. The predicted octanol–water partition coefficient (Wildman–Crippen LogP) is 2.52. The molecule has 0 radical (unpaired) electrons. The van der Waals surface area contributed by atoms with Gasteiger partial charge in [0.1, 0.15) is 5.82 Å². The minimum atomic E-state index is 1.10. The van der Waals surface area contributed by atoms with Gasteiger partial charge >= 0.3 is 0 Å². The van der Waals surface area contributed by atoms with Gasteiger partial charge in [0.2, 0.25) is 0 Å². The van der Waals surface area contributed by atoms with Gasteiger partial charge in [-0.1, -0.05) is 18.2 Å². The molecule has 0 saturated heterocycles. The second kappa shape index (κ2) is 3.35. The highest BCUT2D eigenvalue weighted by Gasteiger charge is 1.98. The molecule has 2 rings (SSSR count). The van der Waals surface area contributed by atoms with E-state index in [1.54, 1.807) is 0 Å². The first-order valence-corrected chi connectivity index (χ1v) is 4.32. The monoisotopic (exact) mass is 172 g/mol. The fourth-order valence-electron chi connectivity index (χ4n) is 1.40. The van der Waals surface area contributed by atoms with E-state index >= 15 is 0 Å². The summed E-state index contributed by atoms with van der Waals surface area (Å²) in [6.07, 6.45) is 2.04. The fraction of sp³-hybridized carbons (Fsp3) is 0.0909. The number of anilines is 1. The summed E-state index contributed by atoms with van der Waals surface area (Å²) in [6.45, 7) is 0. The molecule has 0 atom stereocenters. The topological polar surface area (TPSA) is 17.0 Å². The Balaban J connectivity index is 2.47. The summed E-state index contributed by atoms with van der Waals surface area (Å²) < 4.78 is 2.11. The van der Waals surface area contributed by atoms with Crippen molar-refractivity contribution in [1.29, 1.82) is 0 Å². The Bertz CT molecular complexity index is 376. The highest BCUT2D eigenvalue weighted by atomic mass is 15.1. The van der Waals surface area contributed by atoms with Gasteiger partial charge in [0, 0.05) is 18.9 Å². The van der Waals surface area contributed by atoms with Crippen molar-refractivity contribution >= 4 is 5.82 Å². The van der Waals surface area contributed by atoms with Crippen molar-refractivity contribution in [2.45, 2.75) is 0 Å². The van der Waals surface area contributed by atoms with E-state index < -0.39 is 0 Å². The summed E-state index contributed by atoms with van der Waals surface area (Å²) in [5.74, 6) is 1.10. The predicted molar refractivity (Wildman–Crippen MR) is 55.3 cm³/mol. The summed E-state index contributed by atoms with van der Waals surface area (Å²) in [7, 11) is 1.93. The quantitative estimate of drug-likeness (QED) is 0.736. The maximum absolute atomic E-state index is 3.14. The van der Waals surface area contributed by atoms with E-state index in [0.29, 0.717) is 0 Å². The third-order valence-corrected chi connectivity index (χ3v) is 2.04. The van der Waals surface area contributed by atoms with Gasteiger partial charge in [0.05, 0.1) is 0 Å². The molecule has 1 N–H and O–H groups in total. The third-order valence-electron chi connectivity index (χ3n) is 2.04. The van der Waals surface area contributed by atoms with E-state index in [4.69, 9.17) is 0 Å². The molecule has 0 spiro atoms. The molecular weight excluding hydrogens is 160 g/mol. The highest BCUT2D eigenvalue weighted by molar-refractivity contribution is 5.46. The molecule has 1 heterocycles. The van der Waals surface area contributed by atoms with E-state index in [9.17, 15) is 0 Å². The molecule has 1 aromatic carbocycles. The van der Waals surface area contributed by atoms with Crippen molar-refractivity contribution in [2.75, 3.05) is 12.4 Å². The van der Waals surface area contributed by atoms with Gasteiger partial charge in [-0.05, 0) is 24.3 Å². The average molecular weight is 172 g/mol. The van der Waals surface area contributed by atoms with Crippen LogP contribution in [0.1, 0.15) is 0 Å². The molecule has 2 aromatic rings. The molecule has 0 aliphatic heterocycles. The molecule has 0 unspecified atom stereocenters. The Hall–Kier alpha value is -1.70. The molecule has 1 aromatic heterocycles. The molecule has 0 amide bonds. The van der Waals surface area contributed by atoms with Crippen LogP contribution in [0.4, 0.5) is 5.82 Å². The summed E-state index contributed by atoms with van der Waals surface area (Å²) in [4.78, 5) is 0. The van der Waals surface area contributed by atoms with Crippen LogP contribution in [0.25, 0.3) is 5.69 Å². The first-order valence-electron chi connectivity index (χ1n) is 4.32. The van der Waals surface area contributed by atoms with Gasteiger partial charge in [-0.2, -0.15) is 0 Å². The second-order valence-electron chi connectivity index (χ2n) is 2.85. The zero-order valence-electron chi connectivity index (χ0n) is 7.57. The van der Waals surface area contributed by atoms with Gasteiger partial charge in [-0.3, -0.25) is 0 Å². The molecule has 2 nitrogen and oxygen atoms in total. The first-order chi connectivity index (χ1) is 6.42. The van der Waals surface area contributed by atoms with Crippen molar-refractivity contribution < 1.29 is 0 Å². The number of hydrogen-bond acceptors (Lipinski definition) is 1. The van der Waals surface area contributed by atoms with Crippen LogP contribution in [-0.2, 0) is 0 Å². The van der Waals surface area contributed by atoms with Crippen molar-refractivity contribution in [3.05, 3.63) is 48.7 Å². The van der Waals surface area contributed by atoms with E-state index in [2.05, 4.69) is 22.0 Å². The van der Waals surface area contributed by atoms with E-state index in [0.717, 1.165) is 5.82 Å². The van der Waals surface area contributed by atoms with Crippen LogP contribution in [-0.4, -0.2) is 11.6 Å². The summed E-state index contributed by atoms with van der Waals surface area (Å²) in [5.41, 5.74) is 1.18. The van der Waals surface area contributed by atoms with Crippen LogP contribution in [0.15, 0.2) is 48.7 Å². The number of aromatic nitrogens is 1. The number of nitrogens with one attached hydrogen (secondary N) is 1. The standard InChI is InChI=1S/C11H12N2/c1-12-11-8-5-9-13(11)10-6-3-2-4-7-10/h2-9,12H,1H3. The largest absolute Gasteiger partial charge is 0.374 e. The van der Waals surface area contributed by atoms with Gasteiger partial charge in [0.15, 0.2) is 0 Å². The Kier molecular flexibility index (Phi) is 2.04.